The van der Waals surface area contributed by atoms with E-state index >= 15 is 0 Å². The van der Waals surface area contributed by atoms with Gasteiger partial charge >= 0.3 is 35.5 Å². The van der Waals surface area contributed by atoms with Gasteiger partial charge in [-0.05, 0) is 18.2 Å². The van der Waals surface area contributed by atoms with Crippen molar-refractivity contribution in [2.75, 3.05) is 13.1 Å². The predicted octanol–water partition coefficient (Wildman–Crippen LogP) is 0.642. The van der Waals surface area contributed by atoms with Gasteiger partial charge in [0.1, 0.15) is 11.8 Å². The van der Waals surface area contributed by atoms with E-state index in [1.165, 1.54) is 18.2 Å². The van der Waals surface area contributed by atoms with Crippen LogP contribution in [0.15, 0.2) is 48.5 Å². The van der Waals surface area contributed by atoms with Crippen molar-refractivity contribution in [2.45, 2.75) is 6.04 Å². The molecule has 0 spiro atoms. The average molecular weight is 382 g/mol. The van der Waals surface area contributed by atoms with Gasteiger partial charge in [-0.3, -0.25) is 5.32 Å². The van der Waals surface area contributed by atoms with Crippen molar-refractivity contribution in [1.29, 1.82) is 0 Å². The van der Waals surface area contributed by atoms with E-state index in [4.69, 9.17) is 10.5 Å². The molecular formula is C16H19FeN2NaO4. The second kappa shape index (κ2) is 11.5. The molecule has 0 heterocycles. The van der Waals surface area contributed by atoms with E-state index in [9.17, 15) is 15.0 Å². The van der Waals surface area contributed by atoms with Crippen LogP contribution in [0.5, 0.6) is 17.2 Å². The van der Waals surface area contributed by atoms with Crippen LogP contribution in [0.3, 0.4) is 0 Å². The zero-order chi connectivity index (χ0) is 15.9. The van der Waals surface area contributed by atoms with Gasteiger partial charge in [-0.25, -0.2) is 4.79 Å². The maximum absolute atomic E-state index is 12.4. The molecule has 0 saturated heterocycles. The quantitative estimate of drug-likeness (QED) is 0.332. The minimum atomic E-state index is -0.885. The summed E-state index contributed by atoms with van der Waals surface area (Å²) in [6.45, 7) is 0.697. The second-order valence-electron chi connectivity index (χ2n) is 4.62. The molecule has 0 amide bonds. The molecule has 2 aromatic rings. The summed E-state index contributed by atoms with van der Waals surface area (Å²) in [6, 6.07) is 11.8. The molecule has 24 heavy (non-hydrogen) atoms. The van der Waals surface area contributed by atoms with Gasteiger partial charge < -0.3 is 20.7 Å². The van der Waals surface area contributed by atoms with E-state index in [0.717, 1.165) is 0 Å². The first-order chi connectivity index (χ1) is 10.6. The number of hydrogen-bond donors (Lipinski definition) is 4. The van der Waals surface area contributed by atoms with Gasteiger partial charge in [-0.2, -0.15) is 0 Å². The summed E-state index contributed by atoms with van der Waals surface area (Å²) in [6.07, 6.45) is 0. The zero-order valence-electron chi connectivity index (χ0n) is 12.3. The third kappa shape index (κ3) is 6.11. The monoisotopic (exact) mass is 382 g/mol. The number of aromatic hydroxyl groups is 2. The van der Waals surface area contributed by atoms with E-state index in [-0.39, 0.29) is 63.9 Å². The van der Waals surface area contributed by atoms with Gasteiger partial charge in [-0.1, -0.05) is 30.3 Å². The molecule has 0 bridgehead atoms. The Balaban J connectivity index is 0.00000264. The van der Waals surface area contributed by atoms with Crippen molar-refractivity contribution in [1.82, 2.24) is 5.32 Å². The Morgan fingerprint density at radius 1 is 1.08 bits per heavy atom. The Labute approximate surface area is 173 Å². The fraction of sp³-hybridized carbons (Fsp3) is 0.188. The number of esters is 1. The maximum atomic E-state index is 12.4. The first-order valence-electron chi connectivity index (χ1n) is 6.84. The molecule has 126 valence electrons. The third-order valence-electron chi connectivity index (χ3n) is 3.05. The van der Waals surface area contributed by atoms with E-state index in [1.807, 2.05) is 0 Å². The number of rotatable bonds is 6. The molecule has 0 aliphatic heterocycles. The Hall–Kier alpha value is -1.05. The fourth-order valence-electron chi connectivity index (χ4n) is 1.99. The van der Waals surface area contributed by atoms with Crippen molar-refractivity contribution in [3.05, 3.63) is 54.1 Å². The zero-order valence-corrected chi connectivity index (χ0v) is 13.4. The first kappa shape index (κ1) is 22.9. The molecule has 0 aliphatic carbocycles. The molecule has 8 heteroatoms. The van der Waals surface area contributed by atoms with Gasteiger partial charge in [0.25, 0.3) is 0 Å². The Bertz CT molecular complexity index is 657. The third-order valence-corrected chi connectivity index (χ3v) is 3.05. The van der Waals surface area contributed by atoms with E-state index < -0.39 is 12.0 Å². The molecule has 0 aliphatic rings. The fourth-order valence-corrected chi connectivity index (χ4v) is 1.99. The number of benzene rings is 2. The second-order valence-corrected chi connectivity index (χ2v) is 4.62. The molecule has 0 radical (unpaired) electrons. The van der Waals surface area contributed by atoms with Crippen molar-refractivity contribution >= 4 is 35.5 Å². The average Bonchev–Trinajstić information content (AvgIpc) is 2.51. The minimum absolute atomic E-state index is 0. The van der Waals surface area contributed by atoms with Crippen LogP contribution in [-0.2, 0) is 21.9 Å². The summed E-state index contributed by atoms with van der Waals surface area (Å²) in [7, 11) is 0. The van der Waals surface area contributed by atoms with Gasteiger partial charge in [0.15, 0.2) is 11.5 Å². The van der Waals surface area contributed by atoms with Gasteiger partial charge in [0, 0.05) is 35.7 Å². The molecule has 0 aromatic heterocycles. The summed E-state index contributed by atoms with van der Waals surface area (Å²) in [5.74, 6) is -0.740. The first-order valence-corrected chi connectivity index (χ1v) is 6.84. The van der Waals surface area contributed by atoms with Crippen LogP contribution in [0.1, 0.15) is 11.6 Å². The molecule has 6 nitrogen and oxygen atoms in total. The van der Waals surface area contributed by atoms with Crippen molar-refractivity contribution in [3.63, 3.8) is 0 Å². The molecule has 2 rings (SSSR count). The number of phenolic OH excluding ortho intramolecular Hbond substituents is 2. The van der Waals surface area contributed by atoms with Crippen molar-refractivity contribution < 1.29 is 36.8 Å². The number of hydrogen-bond acceptors (Lipinski definition) is 6. The SMILES string of the molecule is NCCNC(C(=O)Oc1ccccc1O)c1ccccc1O.[Fe].[NaH]. The van der Waals surface area contributed by atoms with Crippen molar-refractivity contribution in [2.24, 2.45) is 5.73 Å². The summed E-state index contributed by atoms with van der Waals surface area (Å²) < 4.78 is 5.21. The van der Waals surface area contributed by atoms with Crippen LogP contribution in [0.2, 0.25) is 0 Å². The Morgan fingerprint density at radius 3 is 2.25 bits per heavy atom. The van der Waals surface area contributed by atoms with Crippen LogP contribution in [0.4, 0.5) is 0 Å². The van der Waals surface area contributed by atoms with Crippen LogP contribution in [0.25, 0.3) is 0 Å². The van der Waals surface area contributed by atoms with E-state index in [0.29, 0.717) is 18.7 Å². The van der Waals surface area contributed by atoms with Gasteiger partial charge in [0.2, 0.25) is 0 Å². The van der Waals surface area contributed by atoms with Crippen molar-refractivity contribution in [3.8, 4) is 17.2 Å². The van der Waals surface area contributed by atoms with Crippen LogP contribution >= 0.6 is 0 Å². The molecule has 0 fully saturated rings. The molecule has 0 saturated carbocycles. The van der Waals surface area contributed by atoms with Crippen LogP contribution in [-0.4, -0.2) is 58.8 Å². The predicted molar refractivity (Wildman–Crippen MR) is 88.8 cm³/mol. The summed E-state index contributed by atoms with van der Waals surface area (Å²) in [5, 5.41) is 22.5. The molecular weight excluding hydrogens is 363 g/mol. The topological polar surface area (TPSA) is 105 Å². The number of carbonyl (C=O) groups excluding carboxylic acids is 1. The van der Waals surface area contributed by atoms with Crippen LogP contribution < -0.4 is 15.8 Å². The van der Waals surface area contributed by atoms with E-state index in [1.54, 1.807) is 30.3 Å². The van der Waals surface area contributed by atoms with Crippen LogP contribution in [0, 0.1) is 0 Å². The Kier molecular flexibility index (Phi) is 11.0. The van der Waals surface area contributed by atoms with E-state index in [2.05, 4.69) is 5.32 Å². The normalized spacial score (nSPS) is 10.9. The molecule has 5 N–H and O–H groups in total. The molecule has 1 atom stereocenters. The molecule has 2 aromatic carbocycles. The number of ether oxygens (including phenoxy) is 1. The number of nitrogens with one attached hydrogen (secondary N) is 1. The Morgan fingerprint density at radius 2 is 1.67 bits per heavy atom. The van der Waals surface area contributed by atoms with Gasteiger partial charge in [0.05, 0.1) is 0 Å². The number of nitrogens with two attached hydrogens (primary N) is 1. The number of carbonyl (C=O) groups is 1. The molecule has 1 unspecified atom stereocenters. The summed E-state index contributed by atoms with van der Waals surface area (Å²) in [4.78, 5) is 12.4. The number of para-hydroxylation sites is 3. The summed E-state index contributed by atoms with van der Waals surface area (Å²) >= 11 is 0. The summed E-state index contributed by atoms with van der Waals surface area (Å²) in [5.41, 5.74) is 5.84. The standard InChI is InChI=1S/C16H18N2O4.Fe.Na.H/c17-9-10-18-15(11-5-1-2-6-12(11)19)16(21)22-14-8-4-3-7-13(14)20;;;/h1-8,15,18-20H,9-10,17H2;;;. The number of phenols is 2. The van der Waals surface area contributed by atoms with Gasteiger partial charge in [-0.15, -0.1) is 0 Å².